The zero-order valence-corrected chi connectivity index (χ0v) is 18.4. The second-order valence-electron chi connectivity index (χ2n) is 9.06. The number of nitrogens with two attached hydrogens (primary N) is 1. The van der Waals surface area contributed by atoms with Crippen molar-refractivity contribution < 1.29 is 9.21 Å². The Kier molecular flexibility index (Phi) is 6.59. The van der Waals surface area contributed by atoms with Gasteiger partial charge in [-0.3, -0.25) is 9.69 Å². The van der Waals surface area contributed by atoms with Crippen LogP contribution < -0.4 is 10.6 Å². The molecular weight excluding hydrogens is 374 g/mol. The summed E-state index contributed by atoms with van der Waals surface area (Å²) < 4.78 is 5.50. The van der Waals surface area contributed by atoms with Crippen molar-refractivity contribution in [2.45, 2.75) is 58.5 Å². The molecule has 2 aliphatic heterocycles. The summed E-state index contributed by atoms with van der Waals surface area (Å²) in [5.41, 5.74) is 11.6. The molecule has 2 saturated heterocycles. The standard InChI is InChI=1S/C25H35N3O2/c1-18-8-9-21(22(15-18)27-11-4-3-5-12-27)25(26)28-13-6-7-20(17-28)23(29)16-24-19(2)10-14-30-24/h8-10,14-15,20,25H,3-7,11-13,16-17,26H2,1-2H3. The Hall–Kier alpha value is -2.11. The van der Waals surface area contributed by atoms with E-state index in [0.29, 0.717) is 6.42 Å². The Morgan fingerprint density at radius 1 is 1.13 bits per heavy atom. The third kappa shape index (κ3) is 4.62. The highest BCUT2D eigenvalue weighted by Gasteiger charge is 2.31. The second-order valence-corrected chi connectivity index (χ2v) is 9.06. The predicted octanol–water partition coefficient (Wildman–Crippen LogP) is 4.37. The number of piperidine rings is 2. The van der Waals surface area contributed by atoms with E-state index in [4.69, 9.17) is 10.2 Å². The molecular formula is C25H35N3O2. The van der Waals surface area contributed by atoms with Gasteiger partial charge in [-0.1, -0.05) is 12.1 Å². The van der Waals surface area contributed by atoms with Crippen LogP contribution >= 0.6 is 0 Å². The summed E-state index contributed by atoms with van der Waals surface area (Å²) in [6.45, 7) is 8.02. The lowest BCUT2D eigenvalue weighted by Crippen LogP contribution is -2.44. The van der Waals surface area contributed by atoms with Gasteiger partial charge in [0.05, 0.1) is 18.8 Å². The number of furan rings is 1. The molecule has 4 rings (SSSR count). The van der Waals surface area contributed by atoms with Crippen molar-refractivity contribution in [3.63, 3.8) is 0 Å². The van der Waals surface area contributed by atoms with Crippen molar-refractivity contribution in [2.75, 3.05) is 31.1 Å². The van der Waals surface area contributed by atoms with E-state index in [0.717, 1.165) is 50.3 Å². The van der Waals surface area contributed by atoms with Crippen molar-refractivity contribution in [3.8, 4) is 0 Å². The van der Waals surface area contributed by atoms with E-state index in [-0.39, 0.29) is 17.9 Å². The molecule has 1 aromatic heterocycles. The minimum Gasteiger partial charge on any atom is -0.469 e. The zero-order valence-electron chi connectivity index (χ0n) is 18.4. The summed E-state index contributed by atoms with van der Waals surface area (Å²) in [6, 6.07) is 8.56. The van der Waals surface area contributed by atoms with Crippen LogP contribution in [0.5, 0.6) is 0 Å². The van der Waals surface area contributed by atoms with Crippen molar-refractivity contribution in [3.05, 3.63) is 53.0 Å². The lowest BCUT2D eigenvalue weighted by molar-refractivity contribution is -0.124. The highest BCUT2D eigenvalue weighted by Crippen LogP contribution is 2.33. The molecule has 0 spiro atoms. The van der Waals surface area contributed by atoms with Crippen LogP contribution in [-0.4, -0.2) is 36.9 Å². The number of Topliss-reactive ketones (excluding diaryl/α,β-unsaturated/α-hetero) is 1. The maximum absolute atomic E-state index is 12.9. The maximum Gasteiger partial charge on any atom is 0.144 e. The summed E-state index contributed by atoms with van der Waals surface area (Å²) in [5.74, 6) is 1.09. The molecule has 2 unspecified atom stereocenters. The molecule has 162 valence electrons. The predicted molar refractivity (Wildman–Crippen MR) is 121 cm³/mol. The molecule has 2 atom stereocenters. The normalized spacial score (nSPS) is 21.6. The van der Waals surface area contributed by atoms with Crippen LogP contribution in [-0.2, 0) is 11.2 Å². The molecule has 0 amide bonds. The molecule has 3 heterocycles. The van der Waals surface area contributed by atoms with Crippen LogP contribution in [0.25, 0.3) is 0 Å². The number of ketones is 1. The molecule has 0 aliphatic carbocycles. The number of likely N-dealkylation sites (tertiary alicyclic amines) is 1. The minimum atomic E-state index is -0.177. The summed E-state index contributed by atoms with van der Waals surface area (Å²) in [4.78, 5) is 17.7. The molecule has 5 nitrogen and oxygen atoms in total. The Morgan fingerprint density at radius 3 is 2.67 bits per heavy atom. The first-order valence-corrected chi connectivity index (χ1v) is 11.4. The summed E-state index contributed by atoms with van der Waals surface area (Å²) in [7, 11) is 0. The molecule has 0 saturated carbocycles. The molecule has 1 aromatic carbocycles. The van der Waals surface area contributed by atoms with E-state index in [9.17, 15) is 4.79 Å². The molecule has 2 aliphatic rings. The molecule has 2 aromatic rings. The average molecular weight is 410 g/mol. The largest absolute Gasteiger partial charge is 0.469 e. The average Bonchev–Trinajstić information content (AvgIpc) is 3.18. The number of carbonyl (C=O) groups excluding carboxylic acids is 1. The van der Waals surface area contributed by atoms with Crippen molar-refractivity contribution in [2.24, 2.45) is 11.7 Å². The van der Waals surface area contributed by atoms with Crippen molar-refractivity contribution >= 4 is 11.5 Å². The minimum absolute atomic E-state index is 0.0261. The fourth-order valence-electron chi connectivity index (χ4n) is 4.92. The maximum atomic E-state index is 12.9. The van der Waals surface area contributed by atoms with Gasteiger partial charge in [0.2, 0.25) is 0 Å². The lowest BCUT2D eigenvalue weighted by atomic mass is 9.90. The second kappa shape index (κ2) is 9.36. The van der Waals surface area contributed by atoms with E-state index in [1.54, 1.807) is 6.26 Å². The van der Waals surface area contributed by atoms with Crippen LogP contribution in [0, 0.1) is 19.8 Å². The van der Waals surface area contributed by atoms with Gasteiger partial charge < -0.3 is 15.1 Å². The lowest BCUT2D eigenvalue weighted by Gasteiger charge is -2.38. The van der Waals surface area contributed by atoms with Crippen LogP contribution in [0.15, 0.2) is 34.9 Å². The Balaban J connectivity index is 1.48. The molecule has 0 radical (unpaired) electrons. The smallest absolute Gasteiger partial charge is 0.144 e. The van der Waals surface area contributed by atoms with E-state index in [1.165, 1.54) is 36.1 Å². The van der Waals surface area contributed by atoms with E-state index >= 15 is 0 Å². The number of aryl methyl sites for hydroxylation is 2. The molecule has 2 N–H and O–H groups in total. The van der Waals surface area contributed by atoms with Crippen LogP contribution in [0.2, 0.25) is 0 Å². The quantitative estimate of drug-likeness (QED) is 0.768. The first kappa shape index (κ1) is 21.1. The number of carbonyl (C=O) groups is 1. The van der Waals surface area contributed by atoms with Crippen molar-refractivity contribution in [1.29, 1.82) is 0 Å². The van der Waals surface area contributed by atoms with Crippen molar-refractivity contribution in [1.82, 2.24) is 4.90 Å². The van der Waals surface area contributed by atoms with Crippen LogP contribution in [0.1, 0.15) is 60.7 Å². The Morgan fingerprint density at radius 2 is 1.93 bits per heavy atom. The van der Waals surface area contributed by atoms with Gasteiger partial charge >= 0.3 is 0 Å². The highest BCUT2D eigenvalue weighted by atomic mass is 16.3. The molecule has 30 heavy (non-hydrogen) atoms. The molecule has 5 heteroatoms. The summed E-state index contributed by atoms with van der Waals surface area (Å²) in [6.07, 6.45) is 7.62. The fraction of sp³-hybridized carbons (Fsp3) is 0.560. The third-order valence-corrected chi connectivity index (χ3v) is 6.81. The van der Waals surface area contributed by atoms with Gasteiger partial charge in [0, 0.05) is 36.8 Å². The van der Waals surface area contributed by atoms with E-state index in [2.05, 4.69) is 34.9 Å². The SMILES string of the molecule is Cc1ccc(C(N)N2CCCC(C(=O)Cc3occc3C)C2)c(N2CCCCC2)c1. The zero-order chi connectivity index (χ0) is 21.1. The number of nitrogens with zero attached hydrogens (tertiary/aromatic N) is 2. The number of hydrogen-bond acceptors (Lipinski definition) is 5. The van der Waals surface area contributed by atoms with Crippen LogP contribution in [0.4, 0.5) is 5.69 Å². The summed E-state index contributed by atoms with van der Waals surface area (Å²) in [5, 5.41) is 0. The fourth-order valence-corrected chi connectivity index (χ4v) is 4.92. The highest BCUT2D eigenvalue weighted by molar-refractivity contribution is 5.83. The van der Waals surface area contributed by atoms with Crippen LogP contribution in [0.3, 0.4) is 0 Å². The Labute approximate surface area is 180 Å². The topological polar surface area (TPSA) is 62.7 Å². The number of anilines is 1. The third-order valence-electron chi connectivity index (χ3n) is 6.81. The Bertz CT molecular complexity index is 869. The van der Waals surface area contributed by atoms with E-state index in [1.807, 2.05) is 13.0 Å². The van der Waals surface area contributed by atoms with Gasteiger partial charge in [-0.25, -0.2) is 0 Å². The van der Waals surface area contributed by atoms with Gasteiger partial charge in [-0.2, -0.15) is 0 Å². The van der Waals surface area contributed by atoms with E-state index < -0.39 is 0 Å². The number of benzene rings is 1. The first-order chi connectivity index (χ1) is 14.5. The van der Waals surface area contributed by atoms with Gasteiger partial charge in [-0.15, -0.1) is 0 Å². The monoisotopic (exact) mass is 409 g/mol. The van der Waals surface area contributed by atoms with Gasteiger partial charge in [0.15, 0.2) is 0 Å². The summed E-state index contributed by atoms with van der Waals surface area (Å²) >= 11 is 0. The molecule has 0 bridgehead atoms. The first-order valence-electron chi connectivity index (χ1n) is 11.4. The number of rotatable bonds is 6. The number of hydrogen-bond donors (Lipinski definition) is 1. The van der Waals surface area contributed by atoms with Gasteiger partial charge in [-0.05, 0) is 75.8 Å². The van der Waals surface area contributed by atoms with Gasteiger partial charge in [0.1, 0.15) is 11.5 Å². The van der Waals surface area contributed by atoms with Gasteiger partial charge in [0.25, 0.3) is 0 Å². The molecule has 2 fully saturated rings.